The molecule has 0 unspecified atom stereocenters. The lowest BCUT2D eigenvalue weighted by molar-refractivity contribution is 0.0610. The number of pyridine rings is 1. The lowest BCUT2D eigenvalue weighted by Gasteiger charge is -2.34. The molecule has 0 bridgehead atoms. The molecule has 1 aliphatic heterocycles. The Balaban J connectivity index is 2.02. The lowest BCUT2D eigenvalue weighted by atomic mass is 10.2. The molecule has 6 nitrogen and oxygen atoms in total. The molecule has 0 aliphatic carbocycles. The van der Waals surface area contributed by atoms with Crippen molar-refractivity contribution in [3.8, 4) is 5.88 Å². The molecular formula is C14H21N3O3. The zero-order valence-corrected chi connectivity index (χ0v) is 11.8. The first-order valence-electron chi connectivity index (χ1n) is 6.96. The van der Waals surface area contributed by atoms with Crippen molar-refractivity contribution in [1.82, 2.24) is 14.8 Å². The fourth-order valence-electron chi connectivity index (χ4n) is 2.29. The van der Waals surface area contributed by atoms with Gasteiger partial charge in [0.1, 0.15) is 5.56 Å². The first-order valence-corrected chi connectivity index (χ1v) is 6.96. The topological polar surface area (TPSA) is 65.9 Å². The number of hydrogen-bond donors (Lipinski definition) is 1. The van der Waals surface area contributed by atoms with Crippen LogP contribution in [0.3, 0.4) is 0 Å². The second kappa shape index (κ2) is 7.21. The van der Waals surface area contributed by atoms with E-state index in [2.05, 4.69) is 9.88 Å². The summed E-state index contributed by atoms with van der Waals surface area (Å²) in [6.45, 7) is 6.09. The number of hydrogen-bond acceptors (Lipinski definition) is 5. The molecule has 110 valence electrons. The minimum Gasteiger partial charge on any atom is -0.477 e. The first kappa shape index (κ1) is 14.7. The van der Waals surface area contributed by atoms with Crippen LogP contribution in [-0.4, -0.2) is 71.7 Å². The Morgan fingerprint density at radius 1 is 1.40 bits per heavy atom. The smallest absolute Gasteiger partial charge is 0.259 e. The van der Waals surface area contributed by atoms with Crippen LogP contribution in [0, 0.1) is 0 Å². The van der Waals surface area contributed by atoms with Crippen LogP contribution >= 0.6 is 0 Å². The van der Waals surface area contributed by atoms with Crippen LogP contribution < -0.4 is 4.74 Å². The van der Waals surface area contributed by atoms with E-state index in [1.54, 1.807) is 18.3 Å². The number of aliphatic hydroxyl groups is 1. The predicted molar refractivity (Wildman–Crippen MR) is 74.8 cm³/mol. The van der Waals surface area contributed by atoms with E-state index < -0.39 is 0 Å². The van der Waals surface area contributed by atoms with Gasteiger partial charge in [-0.2, -0.15) is 0 Å². The maximum absolute atomic E-state index is 12.5. The molecule has 0 spiro atoms. The molecular weight excluding hydrogens is 258 g/mol. The van der Waals surface area contributed by atoms with Crippen LogP contribution in [0.15, 0.2) is 18.3 Å². The van der Waals surface area contributed by atoms with E-state index in [-0.39, 0.29) is 12.5 Å². The minimum atomic E-state index is -0.0369. The zero-order chi connectivity index (χ0) is 14.4. The van der Waals surface area contributed by atoms with Crippen molar-refractivity contribution in [3.63, 3.8) is 0 Å². The highest BCUT2D eigenvalue weighted by Crippen LogP contribution is 2.17. The summed E-state index contributed by atoms with van der Waals surface area (Å²) < 4.78 is 5.41. The van der Waals surface area contributed by atoms with Crippen LogP contribution in [0.1, 0.15) is 17.3 Å². The van der Waals surface area contributed by atoms with Crippen LogP contribution in [0.25, 0.3) is 0 Å². The van der Waals surface area contributed by atoms with E-state index in [0.29, 0.717) is 37.7 Å². The van der Waals surface area contributed by atoms with Crippen LogP contribution in [-0.2, 0) is 0 Å². The molecule has 2 heterocycles. The van der Waals surface area contributed by atoms with E-state index >= 15 is 0 Å². The maximum Gasteiger partial charge on any atom is 0.259 e. The molecule has 20 heavy (non-hydrogen) atoms. The first-order chi connectivity index (χ1) is 9.76. The molecule has 6 heteroatoms. The highest BCUT2D eigenvalue weighted by Gasteiger charge is 2.24. The summed E-state index contributed by atoms with van der Waals surface area (Å²) in [5.41, 5.74) is 0.518. The van der Waals surface area contributed by atoms with Gasteiger partial charge in [-0.1, -0.05) is 0 Å². The van der Waals surface area contributed by atoms with Gasteiger partial charge in [0.15, 0.2) is 0 Å². The highest BCUT2D eigenvalue weighted by molar-refractivity contribution is 5.96. The predicted octanol–water partition coefficient (Wildman–Crippen LogP) is 0.230. The normalized spacial score (nSPS) is 16.2. The number of β-amino-alcohol motifs (C(OH)–C–C–N with tert-alkyl or cyclic N) is 1. The summed E-state index contributed by atoms with van der Waals surface area (Å²) in [6.07, 6.45) is 1.63. The Kier molecular flexibility index (Phi) is 5.31. The summed E-state index contributed by atoms with van der Waals surface area (Å²) in [4.78, 5) is 20.6. The van der Waals surface area contributed by atoms with Gasteiger partial charge >= 0.3 is 0 Å². The molecule has 1 aromatic heterocycles. The fraction of sp³-hybridized carbons (Fsp3) is 0.571. The third kappa shape index (κ3) is 3.46. The number of ether oxygens (including phenoxy) is 1. The molecule has 1 saturated heterocycles. The highest BCUT2D eigenvalue weighted by atomic mass is 16.5. The van der Waals surface area contributed by atoms with Gasteiger partial charge in [0.05, 0.1) is 13.2 Å². The second-order valence-corrected chi connectivity index (χ2v) is 4.65. The van der Waals surface area contributed by atoms with Gasteiger partial charge in [-0.05, 0) is 19.1 Å². The summed E-state index contributed by atoms with van der Waals surface area (Å²) in [5, 5.41) is 8.92. The molecule has 0 saturated carbocycles. The van der Waals surface area contributed by atoms with Gasteiger partial charge in [0, 0.05) is 38.9 Å². The summed E-state index contributed by atoms with van der Waals surface area (Å²) in [6, 6.07) is 3.50. The van der Waals surface area contributed by atoms with E-state index in [1.165, 1.54) is 0 Å². The molecule has 0 atom stereocenters. The van der Waals surface area contributed by atoms with Crippen molar-refractivity contribution in [1.29, 1.82) is 0 Å². The van der Waals surface area contributed by atoms with Gasteiger partial charge in [-0.3, -0.25) is 9.69 Å². The van der Waals surface area contributed by atoms with Gasteiger partial charge in [0.25, 0.3) is 5.91 Å². The number of carbonyl (C=O) groups excluding carboxylic acids is 1. The molecule has 0 radical (unpaired) electrons. The minimum absolute atomic E-state index is 0.0369. The molecule has 0 aromatic carbocycles. The molecule has 1 aromatic rings. The van der Waals surface area contributed by atoms with Gasteiger partial charge in [-0.15, -0.1) is 0 Å². The molecule has 1 aliphatic rings. The molecule has 1 amide bonds. The van der Waals surface area contributed by atoms with Gasteiger partial charge < -0.3 is 14.7 Å². The van der Waals surface area contributed by atoms with Gasteiger partial charge in [0.2, 0.25) is 5.88 Å². The lowest BCUT2D eigenvalue weighted by Crippen LogP contribution is -2.49. The number of piperazine rings is 1. The average molecular weight is 279 g/mol. The third-order valence-corrected chi connectivity index (χ3v) is 3.36. The zero-order valence-electron chi connectivity index (χ0n) is 11.8. The number of aliphatic hydroxyl groups excluding tert-OH is 1. The van der Waals surface area contributed by atoms with E-state index in [0.717, 1.165) is 13.1 Å². The molecule has 1 N–H and O–H groups in total. The summed E-state index contributed by atoms with van der Waals surface area (Å²) in [5.74, 6) is 0.364. The Morgan fingerprint density at radius 2 is 2.15 bits per heavy atom. The van der Waals surface area contributed by atoms with Crippen molar-refractivity contribution < 1.29 is 14.6 Å². The number of carbonyl (C=O) groups is 1. The Labute approximate surface area is 119 Å². The number of nitrogens with zero attached hydrogens (tertiary/aromatic N) is 3. The monoisotopic (exact) mass is 279 g/mol. The Bertz CT molecular complexity index is 445. The van der Waals surface area contributed by atoms with Crippen molar-refractivity contribution >= 4 is 5.91 Å². The summed E-state index contributed by atoms with van der Waals surface area (Å²) in [7, 11) is 0. The second-order valence-electron chi connectivity index (χ2n) is 4.65. The van der Waals surface area contributed by atoms with E-state index in [1.807, 2.05) is 11.8 Å². The van der Waals surface area contributed by atoms with Gasteiger partial charge in [-0.25, -0.2) is 4.98 Å². The van der Waals surface area contributed by atoms with E-state index in [9.17, 15) is 4.79 Å². The van der Waals surface area contributed by atoms with Crippen molar-refractivity contribution in [2.75, 3.05) is 45.9 Å². The number of aromatic nitrogens is 1. The molecule has 1 fully saturated rings. The van der Waals surface area contributed by atoms with Crippen LogP contribution in [0.4, 0.5) is 0 Å². The SMILES string of the molecule is CCOc1ncccc1C(=O)N1CCN(CCO)CC1. The fourth-order valence-corrected chi connectivity index (χ4v) is 2.29. The maximum atomic E-state index is 12.5. The Morgan fingerprint density at radius 3 is 2.80 bits per heavy atom. The molecule has 2 rings (SSSR count). The largest absolute Gasteiger partial charge is 0.477 e. The van der Waals surface area contributed by atoms with Crippen molar-refractivity contribution in [3.05, 3.63) is 23.9 Å². The van der Waals surface area contributed by atoms with Crippen molar-refractivity contribution in [2.24, 2.45) is 0 Å². The number of amides is 1. The average Bonchev–Trinajstić information content (AvgIpc) is 2.49. The van der Waals surface area contributed by atoms with Crippen LogP contribution in [0.5, 0.6) is 5.88 Å². The van der Waals surface area contributed by atoms with E-state index in [4.69, 9.17) is 9.84 Å². The summed E-state index contributed by atoms with van der Waals surface area (Å²) >= 11 is 0. The van der Waals surface area contributed by atoms with Crippen molar-refractivity contribution in [2.45, 2.75) is 6.92 Å². The quantitative estimate of drug-likeness (QED) is 0.836. The standard InChI is InChI=1S/C14H21N3O3/c1-2-20-13-12(4-3-5-15-13)14(19)17-8-6-16(7-9-17)10-11-18/h3-5,18H,2,6-11H2,1H3. The van der Waals surface area contributed by atoms with Crippen LogP contribution in [0.2, 0.25) is 0 Å². The number of rotatable bonds is 5. The Hall–Kier alpha value is -1.66. The third-order valence-electron chi connectivity index (χ3n) is 3.36.